The van der Waals surface area contributed by atoms with Gasteiger partial charge in [-0.3, -0.25) is 0 Å². The molecule has 0 unspecified atom stereocenters. The number of nitrogen functional groups attached to an aromatic ring is 1. The lowest BCUT2D eigenvalue weighted by Gasteiger charge is -2.61. The Kier molecular flexibility index (Phi) is 5.00. The molecular weight excluding hydrogens is 526 g/mol. The molecule has 0 aromatic carbocycles. The van der Waals surface area contributed by atoms with Crippen LogP contribution in [0.15, 0.2) is 23.2 Å². The van der Waals surface area contributed by atoms with Crippen molar-refractivity contribution in [3.8, 4) is 28.5 Å². The first-order chi connectivity index (χ1) is 19.7. The fraction of sp³-hybridized carbons (Fsp3) is 0.536. The Labute approximate surface area is 235 Å². The third kappa shape index (κ3) is 3.92. The summed E-state index contributed by atoms with van der Waals surface area (Å²) < 4.78 is 19.4. The summed E-state index contributed by atoms with van der Waals surface area (Å²) in [5.41, 5.74) is 8.43. The van der Waals surface area contributed by atoms with Crippen LogP contribution in [0.4, 0.5) is 10.6 Å². The average molecular weight is 558 g/mol. The molecule has 5 heterocycles. The summed E-state index contributed by atoms with van der Waals surface area (Å²) in [5, 5.41) is 10.2. The third-order valence-corrected chi connectivity index (χ3v) is 8.49. The predicted octanol–water partition coefficient (Wildman–Crippen LogP) is 3.91. The molecule has 4 aromatic heterocycles. The minimum absolute atomic E-state index is 0.00125. The smallest absolute Gasteiger partial charge is 0.410 e. The number of ether oxygens (including phenoxy) is 2. The molecule has 1 saturated heterocycles. The van der Waals surface area contributed by atoms with Crippen molar-refractivity contribution >= 4 is 22.9 Å². The van der Waals surface area contributed by atoms with E-state index >= 15 is 0 Å². The van der Waals surface area contributed by atoms with Gasteiger partial charge in [-0.25, -0.2) is 29.4 Å². The van der Waals surface area contributed by atoms with E-state index in [9.17, 15) is 4.79 Å². The highest BCUT2D eigenvalue weighted by atomic mass is 16.6. The molecule has 1 amide bonds. The lowest BCUT2D eigenvalue weighted by molar-refractivity contribution is -0.0946. The monoisotopic (exact) mass is 557 g/mol. The van der Waals surface area contributed by atoms with Crippen molar-refractivity contribution in [3.05, 3.63) is 24.5 Å². The van der Waals surface area contributed by atoms with E-state index in [1.807, 2.05) is 25.5 Å². The number of rotatable bonds is 6. The van der Waals surface area contributed by atoms with Gasteiger partial charge in [0, 0.05) is 5.92 Å². The van der Waals surface area contributed by atoms with Gasteiger partial charge in [-0.1, -0.05) is 5.16 Å². The molecule has 5 aliphatic rings. The molecule has 0 atom stereocenters. The maximum absolute atomic E-state index is 12.2. The number of carbonyl (C=O) groups is 1. The number of hydrogen-bond acceptors (Lipinski definition) is 11. The van der Waals surface area contributed by atoms with Gasteiger partial charge in [0.25, 0.3) is 0 Å². The summed E-state index contributed by atoms with van der Waals surface area (Å²) >= 11 is 0. The number of nitrogens with two attached hydrogens (primary N) is 1. The average Bonchev–Trinajstić information content (AvgIpc) is 3.48. The number of likely N-dealkylation sites (tertiary alicyclic amines) is 1. The van der Waals surface area contributed by atoms with Crippen LogP contribution in [0.5, 0.6) is 5.75 Å². The Hall–Kier alpha value is -4.29. The Bertz CT molecular complexity index is 1660. The second kappa shape index (κ2) is 8.37. The Morgan fingerprint density at radius 2 is 1.80 bits per heavy atom. The zero-order valence-corrected chi connectivity index (χ0v) is 23.2. The van der Waals surface area contributed by atoms with E-state index in [4.69, 9.17) is 24.8 Å². The minimum Gasteiger partial charge on any atom is -0.483 e. The first-order valence-corrected chi connectivity index (χ1v) is 14.1. The van der Waals surface area contributed by atoms with E-state index in [-0.39, 0.29) is 23.7 Å². The maximum atomic E-state index is 12.2. The fourth-order valence-electron chi connectivity index (χ4n) is 6.15. The fourth-order valence-corrected chi connectivity index (χ4v) is 6.15. The second-order valence-corrected chi connectivity index (χ2v) is 12.8. The van der Waals surface area contributed by atoms with Gasteiger partial charge in [-0.05, 0) is 58.8 Å². The number of hydrogen-bond donors (Lipinski definition) is 1. The van der Waals surface area contributed by atoms with Crippen LogP contribution in [0.1, 0.15) is 64.6 Å². The van der Waals surface area contributed by atoms with Crippen molar-refractivity contribution in [2.24, 2.45) is 5.92 Å². The number of fused-ring (bicyclic) bond motifs is 1. The van der Waals surface area contributed by atoms with Gasteiger partial charge in [-0.2, -0.15) is 5.10 Å². The number of anilines is 1. The standard InChI is InChI=1S/C28H31N9O4/c1-27(2,3)40-26(38)36-11-17(12-36)39-16-9-30-24(31-10-16)18-21(35-41-22(18)15-4-5-15)20-19-23(29)32-13-33-25(19)37(34-20)28-6-14(7-28)8-28/h9-10,13-15,17H,4-8,11-12H2,1-3H3,(H2,29,32,33). The third-order valence-electron chi connectivity index (χ3n) is 8.49. The first-order valence-electron chi connectivity index (χ1n) is 14.1. The summed E-state index contributed by atoms with van der Waals surface area (Å²) in [6, 6.07) is 0. The van der Waals surface area contributed by atoms with Crippen molar-refractivity contribution in [3.63, 3.8) is 0 Å². The molecule has 13 nitrogen and oxygen atoms in total. The van der Waals surface area contributed by atoms with Crippen LogP contribution in [0.2, 0.25) is 0 Å². The van der Waals surface area contributed by atoms with E-state index in [0.29, 0.717) is 52.8 Å². The van der Waals surface area contributed by atoms with Crippen LogP contribution in [0.25, 0.3) is 33.8 Å². The summed E-state index contributed by atoms with van der Waals surface area (Å²) in [5.74, 6) is 3.14. The zero-order valence-electron chi connectivity index (χ0n) is 23.2. The van der Waals surface area contributed by atoms with Crippen LogP contribution in [0.3, 0.4) is 0 Å². The molecule has 1 aliphatic heterocycles. The van der Waals surface area contributed by atoms with E-state index in [1.54, 1.807) is 17.3 Å². The molecule has 0 spiro atoms. The maximum Gasteiger partial charge on any atom is 0.410 e. The molecule has 212 valence electrons. The van der Waals surface area contributed by atoms with Gasteiger partial charge < -0.3 is 24.6 Å². The van der Waals surface area contributed by atoms with Gasteiger partial charge in [0.2, 0.25) is 0 Å². The molecule has 4 saturated carbocycles. The predicted molar refractivity (Wildman–Crippen MR) is 146 cm³/mol. The van der Waals surface area contributed by atoms with E-state index in [0.717, 1.165) is 49.4 Å². The molecule has 4 aromatic rings. The quantitative estimate of drug-likeness (QED) is 0.366. The summed E-state index contributed by atoms with van der Waals surface area (Å²) in [6.45, 7) is 6.43. The van der Waals surface area contributed by atoms with Gasteiger partial charge in [0.05, 0.1) is 42.0 Å². The Morgan fingerprint density at radius 3 is 2.44 bits per heavy atom. The Morgan fingerprint density at radius 1 is 1.07 bits per heavy atom. The molecule has 0 radical (unpaired) electrons. The van der Waals surface area contributed by atoms with Gasteiger partial charge >= 0.3 is 6.09 Å². The topological polar surface area (TPSA) is 160 Å². The SMILES string of the molecule is CC(C)(C)OC(=O)N1CC(Oc2cnc(-c3c(-c4nn(C56CC(C5)C6)c5ncnc(N)c45)noc3C3CC3)nc2)C1. The lowest BCUT2D eigenvalue weighted by Crippen LogP contribution is -2.59. The van der Waals surface area contributed by atoms with Crippen LogP contribution in [-0.4, -0.2) is 70.7 Å². The Balaban J connectivity index is 1.09. The molecule has 2 bridgehead atoms. The minimum atomic E-state index is -0.535. The molecule has 2 N–H and O–H groups in total. The number of amides is 1. The van der Waals surface area contributed by atoms with Crippen molar-refractivity contribution in [2.75, 3.05) is 18.8 Å². The van der Waals surface area contributed by atoms with Gasteiger partial charge in [-0.15, -0.1) is 0 Å². The molecule has 13 heteroatoms. The van der Waals surface area contributed by atoms with E-state index < -0.39 is 5.60 Å². The normalized spacial score (nSPS) is 23.6. The highest BCUT2D eigenvalue weighted by Gasteiger charge is 2.59. The molecule has 4 aliphatic carbocycles. The number of carbonyl (C=O) groups excluding carboxylic acids is 1. The second-order valence-electron chi connectivity index (χ2n) is 12.8. The van der Waals surface area contributed by atoms with Crippen LogP contribution < -0.4 is 10.5 Å². The van der Waals surface area contributed by atoms with E-state index in [1.165, 1.54) is 6.33 Å². The summed E-state index contributed by atoms with van der Waals surface area (Å²) in [4.78, 5) is 32.0. The van der Waals surface area contributed by atoms with Gasteiger partial charge in [0.1, 0.15) is 35.2 Å². The first kappa shape index (κ1) is 24.5. The van der Waals surface area contributed by atoms with Crippen LogP contribution in [-0.2, 0) is 10.3 Å². The summed E-state index contributed by atoms with van der Waals surface area (Å²) in [6.07, 6.45) is 9.62. The van der Waals surface area contributed by atoms with E-state index in [2.05, 4.69) is 25.1 Å². The summed E-state index contributed by atoms with van der Waals surface area (Å²) in [7, 11) is 0. The van der Waals surface area contributed by atoms with Crippen LogP contribution >= 0.6 is 0 Å². The number of aromatic nitrogens is 7. The largest absolute Gasteiger partial charge is 0.483 e. The molecular formula is C28H31N9O4. The van der Waals surface area contributed by atoms with Crippen molar-refractivity contribution < 1.29 is 18.8 Å². The highest BCUT2D eigenvalue weighted by Crippen LogP contribution is 2.63. The molecule has 5 fully saturated rings. The van der Waals surface area contributed by atoms with Crippen molar-refractivity contribution in [1.82, 2.24) is 39.8 Å². The molecule has 41 heavy (non-hydrogen) atoms. The van der Waals surface area contributed by atoms with Crippen LogP contribution in [0, 0.1) is 5.92 Å². The highest BCUT2D eigenvalue weighted by molar-refractivity contribution is 6.00. The number of nitrogens with zero attached hydrogens (tertiary/aromatic N) is 8. The molecule has 9 rings (SSSR count). The van der Waals surface area contributed by atoms with Crippen molar-refractivity contribution in [1.29, 1.82) is 0 Å². The van der Waals surface area contributed by atoms with Crippen molar-refractivity contribution in [2.45, 2.75) is 76.0 Å². The zero-order chi connectivity index (χ0) is 28.1. The lowest BCUT2D eigenvalue weighted by atomic mass is 9.50. The van der Waals surface area contributed by atoms with Gasteiger partial charge in [0.15, 0.2) is 23.0 Å².